The van der Waals surface area contributed by atoms with Gasteiger partial charge in [0, 0.05) is 5.56 Å². The van der Waals surface area contributed by atoms with E-state index in [1.165, 1.54) is 0 Å². The van der Waals surface area contributed by atoms with Crippen molar-refractivity contribution < 1.29 is 9.90 Å². The first-order chi connectivity index (χ1) is 7.69. The summed E-state index contributed by atoms with van der Waals surface area (Å²) in [5.74, 6) is 0.0325. The Balaban J connectivity index is 2.55. The number of carbonyl (C=O) groups excluding carboxylic acids is 1. The maximum Gasteiger partial charge on any atom is 0.235 e. The number of hydrogen-bond acceptors (Lipinski definition) is 3. The lowest BCUT2D eigenvalue weighted by molar-refractivity contribution is 0.409. The third kappa shape index (κ3) is 1.73. The molecule has 1 aliphatic carbocycles. The van der Waals surface area contributed by atoms with E-state index < -0.39 is 5.54 Å². The third-order valence-electron chi connectivity index (χ3n) is 3.18. The molecule has 1 saturated carbocycles. The van der Waals surface area contributed by atoms with E-state index in [4.69, 9.17) is 11.6 Å². The SMILES string of the molecule is O=C=NC1(c2cccc(Cl)c2O)CCCC1. The van der Waals surface area contributed by atoms with Gasteiger partial charge in [-0.25, -0.2) is 4.79 Å². The van der Waals surface area contributed by atoms with Crippen molar-refractivity contribution in [3.63, 3.8) is 0 Å². The van der Waals surface area contributed by atoms with Crippen molar-refractivity contribution in [1.82, 2.24) is 0 Å². The molecule has 0 aliphatic heterocycles. The fourth-order valence-electron chi connectivity index (χ4n) is 2.38. The molecule has 0 heterocycles. The van der Waals surface area contributed by atoms with Gasteiger partial charge >= 0.3 is 0 Å². The van der Waals surface area contributed by atoms with Crippen LogP contribution in [0.1, 0.15) is 31.2 Å². The third-order valence-corrected chi connectivity index (χ3v) is 3.48. The molecule has 0 radical (unpaired) electrons. The minimum Gasteiger partial charge on any atom is -0.506 e. The molecule has 0 spiro atoms. The van der Waals surface area contributed by atoms with Gasteiger partial charge in [-0.2, -0.15) is 4.99 Å². The number of benzene rings is 1. The highest BCUT2D eigenvalue weighted by Gasteiger charge is 2.38. The minimum absolute atomic E-state index is 0.0325. The number of nitrogens with zero attached hydrogens (tertiary/aromatic N) is 1. The number of phenolic OH excluding ortho intramolecular Hbond substituents is 1. The lowest BCUT2D eigenvalue weighted by Crippen LogP contribution is -2.19. The second kappa shape index (κ2) is 4.28. The molecule has 0 aromatic heterocycles. The van der Waals surface area contributed by atoms with Crippen LogP contribution in [0.4, 0.5) is 0 Å². The van der Waals surface area contributed by atoms with E-state index in [9.17, 15) is 9.90 Å². The molecular formula is C12H12ClNO2. The first-order valence-corrected chi connectivity index (χ1v) is 5.64. The zero-order valence-electron chi connectivity index (χ0n) is 8.74. The molecule has 1 N–H and O–H groups in total. The standard InChI is InChI=1S/C12H12ClNO2/c13-10-5-3-4-9(11(10)16)12(14-8-15)6-1-2-7-12/h3-5,16H,1-2,6-7H2. The van der Waals surface area contributed by atoms with Crippen LogP contribution in [0.5, 0.6) is 5.75 Å². The maximum absolute atomic E-state index is 10.5. The molecule has 16 heavy (non-hydrogen) atoms. The van der Waals surface area contributed by atoms with E-state index in [-0.39, 0.29) is 5.75 Å². The maximum atomic E-state index is 10.5. The van der Waals surface area contributed by atoms with Crippen LogP contribution in [0.15, 0.2) is 23.2 Å². The Bertz CT molecular complexity index is 446. The molecule has 0 unspecified atom stereocenters. The molecule has 1 fully saturated rings. The normalized spacial score (nSPS) is 18.1. The predicted octanol–water partition coefficient (Wildman–Crippen LogP) is 3.15. The average molecular weight is 238 g/mol. The quantitative estimate of drug-likeness (QED) is 0.635. The average Bonchev–Trinajstić information content (AvgIpc) is 2.72. The van der Waals surface area contributed by atoms with Crippen molar-refractivity contribution in [2.75, 3.05) is 0 Å². The van der Waals surface area contributed by atoms with Crippen molar-refractivity contribution in [3.8, 4) is 5.75 Å². The Hall–Kier alpha value is -1.31. The van der Waals surface area contributed by atoms with E-state index >= 15 is 0 Å². The van der Waals surface area contributed by atoms with Crippen molar-refractivity contribution in [3.05, 3.63) is 28.8 Å². The fourth-order valence-corrected chi connectivity index (χ4v) is 2.55. The summed E-state index contributed by atoms with van der Waals surface area (Å²) in [6.07, 6.45) is 5.13. The number of aromatic hydroxyl groups is 1. The second-order valence-corrected chi connectivity index (χ2v) is 4.48. The lowest BCUT2D eigenvalue weighted by atomic mass is 9.88. The molecule has 2 rings (SSSR count). The van der Waals surface area contributed by atoms with E-state index in [0.717, 1.165) is 25.7 Å². The van der Waals surface area contributed by atoms with Gasteiger partial charge < -0.3 is 5.11 Å². The molecular weight excluding hydrogens is 226 g/mol. The lowest BCUT2D eigenvalue weighted by Gasteiger charge is -2.23. The van der Waals surface area contributed by atoms with Gasteiger partial charge in [-0.05, 0) is 18.9 Å². The molecule has 1 aliphatic rings. The van der Waals surface area contributed by atoms with Crippen molar-refractivity contribution in [2.24, 2.45) is 4.99 Å². The summed E-state index contributed by atoms with van der Waals surface area (Å²) in [7, 11) is 0. The molecule has 3 nitrogen and oxygen atoms in total. The van der Waals surface area contributed by atoms with E-state index in [0.29, 0.717) is 10.6 Å². The van der Waals surface area contributed by atoms with Crippen molar-refractivity contribution >= 4 is 17.7 Å². The Kier molecular flexibility index (Phi) is 2.99. The molecule has 84 valence electrons. The number of aliphatic imine (C=N–C) groups is 1. The fraction of sp³-hybridized carbons (Fsp3) is 0.417. The van der Waals surface area contributed by atoms with Crippen LogP contribution < -0.4 is 0 Å². The number of halogens is 1. The Morgan fingerprint density at radius 3 is 2.69 bits per heavy atom. The molecule has 0 bridgehead atoms. The summed E-state index contributed by atoms with van der Waals surface area (Å²) in [4.78, 5) is 14.4. The van der Waals surface area contributed by atoms with Gasteiger partial charge in [-0.15, -0.1) is 0 Å². The second-order valence-electron chi connectivity index (χ2n) is 4.08. The van der Waals surface area contributed by atoms with Crippen LogP contribution in [0.3, 0.4) is 0 Å². The highest BCUT2D eigenvalue weighted by molar-refractivity contribution is 6.32. The Labute approximate surface area is 98.8 Å². The predicted molar refractivity (Wildman–Crippen MR) is 61.4 cm³/mol. The van der Waals surface area contributed by atoms with Crippen molar-refractivity contribution in [1.29, 1.82) is 0 Å². The van der Waals surface area contributed by atoms with E-state index in [2.05, 4.69) is 4.99 Å². The zero-order valence-corrected chi connectivity index (χ0v) is 9.50. The highest BCUT2D eigenvalue weighted by Crippen LogP contribution is 2.46. The van der Waals surface area contributed by atoms with Gasteiger partial charge in [0.05, 0.1) is 5.02 Å². The summed E-state index contributed by atoms with van der Waals surface area (Å²) in [5.41, 5.74) is 0.0253. The van der Waals surface area contributed by atoms with Crippen LogP contribution in [0.2, 0.25) is 5.02 Å². The van der Waals surface area contributed by atoms with Gasteiger partial charge in [-0.1, -0.05) is 36.6 Å². The summed E-state index contributed by atoms with van der Waals surface area (Å²) >= 11 is 5.86. The van der Waals surface area contributed by atoms with E-state index in [1.807, 2.05) is 0 Å². The Morgan fingerprint density at radius 1 is 1.38 bits per heavy atom. The van der Waals surface area contributed by atoms with Gasteiger partial charge in [0.15, 0.2) is 0 Å². The summed E-state index contributed by atoms with van der Waals surface area (Å²) < 4.78 is 0. The van der Waals surface area contributed by atoms with Crippen LogP contribution >= 0.6 is 11.6 Å². The summed E-state index contributed by atoms with van der Waals surface area (Å²) in [6, 6.07) is 5.15. The van der Waals surface area contributed by atoms with Gasteiger partial charge in [0.25, 0.3) is 0 Å². The molecule has 0 amide bonds. The smallest absolute Gasteiger partial charge is 0.235 e. The molecule has 1 aromatic rings. The van der Waals surface area contributed by atoms with Gasteiger partial charge in [0.1, 0.15) is 11.3 Å². The summed E-state index contributed by atoms with van der Waals surface area (Å²) in [5, 5.41) is 10.2. The summed E-state index contributed by atoms with van der Waals surface area (Å²) in [6.45, 7) is 0. The number of hydrogen-bond donors (Lipinski definition) is 1. The highest BCUT2D eigenvalue weighted by atomic mass is 35.5. The number of para-hydroxylation sites is 1. The number of phenols is 1. The molecule has 0 saturated heterocycles. The Morgan fingerprint density at radius 2 is 2.06 bits per heavy atom. The van der Waals surface area contributed by atoms with Gasteiger partial charge in [-0.3, -0.25) is 0 Å². The van der Waals surface area contributed by atoms with Gasteiger partial charge in [0.2, 0.25) is 6.08 Å². The van der Waals surface area contributed by atoms with Crippen LogP contribution in [-0.4, -0.2) is 11.2 Å². The minimum atomic E-state index is -0.614. The largest absolute Gasteiger partial charge is 0.506 e. The molecule has 4 heteroatoms. The van der Waals surface area contributed by atoms with E-state index in [1.54, 1.807) is 24.3 Å². The molecule has 1 aromatic carbocycles. The number of rotatable bonds is 2. The number of isocyanates is 1. The first-order valence-electron chi connectivity index (χ1n) is 5.27. The first kappa shape index (κ1) is 11.2. The van der Waals surface area contributed by atoms with Crippen LogP contribution in [0, 0.1) is 0 Å². The topological polar surface area (TPSA) is 49.7 Å². The monoisotopic (exact) mass is 237 g/mol. The van der Waals surface area contributed by atoms with Crippen molar-refractivity contribution in [2.45, 2.75) is 31.2 Å². The van der Waals surface area contributed by atoms with Crippen LogP contribution in [0.25, 0.3) is 0 Å². The van der Waals surface area contributed by atoms with Crippen LogP contribution in [-0.2, 0) is 10.3 Å². The zero-order chi connectivity index (χ0) is 11.6. The molecule has 0 atom stereocenters.